The number of allylic oxidation sites excluding steroid dienone is 1. The largest absolute Gasteiger partial charge is 0.454 e. The zero-order valence-electron chi connectivity index (χ0n) is 14.4. The molecule has 22 heavy (non-hydrogen) atoms. The van der Waals surface area contributed by atoms with Crippen LogP contribution in [0.5, 0.6) is 0 Å². The summed E-state index contributed by atoms with van der Waals surface area (Å²) in [4.78, 5) is 11.9. The average molecular weight is 300 g/mol. The van der Waals surface area contributed by atoms with E-state index in [1.807, 2.05) is 6.92 Å². The van der Waals surface area contributed by atoms with Crippen LogP contribution >= 0.6 is 0 Å². The van der Waals surface area contributed by atoms with E-state index < -0.39 is 0 Å². The molecule has 0 bridgehead atoms. The van der Waals surface area contributed by atoms with Gasteiger partial charge in [-0.05, 0) is 61.7 Å². The van der Waals surface area contributed by atoms with E-state index in [9.17, 15) is 4.79 Å². The summed E-state index contributed by atoms with van der Waals surface area (Å²) in [6.07, 6.45) is 9.96. The van der Waals surface area contributed by atoms with Gasteiger partial charge in [-0.25, -0.2) is 4.79 Å². The van der Waals surface area contributed by atoms with Gasteiger partial charge in [-0.1, -0.05) is 38.8 Å². The fraction of sp³-hybridized carbons (Fsp3) is 0.750. The highest BCUT2D eigenvalue weighted by Gasteiger charge is 2.55. The summed E-state index contributed by atoms with van der Waals surface area (Å²) in [7, 11) is 0. The summed E-state index contributed by atoms with van der Waals surface area (Å²) >= 11 is 0. The van der Waals surface area contributed by atoms with Gasteiger partial charge in [0, 0.05) is 11.1 Å². The van der Waals surface area contributed by atoms with Crippen LogP contribution in [0, 0.1) is 22.7 Å². The van der Waals surface area contributed by atoms with Crippen molar-refractivity contribution in [3.8, 4) is 0 Å². The summed E-state index contributed by atoms with van der Waals surface area (Å²) in [5.74, 6) is 1.32. The second kappa shape index (κ2) is 4.49. The Morgan fingerprint density at radius 2 is 2.00 bits per heavy atom. The molecule has 0 radical (unpaired) electrons. The van der Waals surface area contributed by atoms with Crippen LogP contribution < -0.4 is 0 Å². The van der Waals surface area contributed by atoms with Gasteiger partial charge in [-0.2, -0.15) is 0 Å². The Morgan fingerprint density at radius 3 is 2.77 bits per heavy atom. The summed E-state index contributed by atoms with van der Waals surface area (Å²) in [5, 5.41) is 0. The molecule has 1 heterocycles. The predicted molar refractivity (Wildman–Crippen MR) is 87.2 cm³/mol. The molecule has 0 aromatic heterocycles. The molecule has 0 N–H and O–H groups in total. The molecule has 0 aromatic carbocycles. The van der Waals surface area contributed by atoms with Crippen molar-refractivity contribution < 1.29 is 9.53 Å². The maximum atomic E-state index is 11.9. The third kappa shape index (κ3) is 1.82. The average Bonchev–Trinajstić information content (AvgIpc) is 2.72. The molecule has 0 spiro atoms. The van der Waals surface area contributed by atoms with Crippen molar-refractivity contribution in [2.45, 2.75) is 72.3 Å². The monoisotopic (exact) mass is 300 g/mol. The Balaban J connectivity index is 1.74. The third-order valence-electron chi connectivity index (χ3n) is 7.37. The van der Waals surface area contributed by atoms with Gasteiger partial charge in [0.25, 0.3) is 0 Å². The van der Waals surface area contributed by atoms with Crippen molar-refractivity contribution in [1.29, 1.82) is 0 Å². The maximum absolute atomic E-state index is 11.9. The van der Waals surface area contributed by atoms with Crippen LogP contribution in [0.4, 0.5) is 0 Å². The predicted octanol–water partition coefficient (Wildman–Crippen LogP) is 4.80. The highest BCUT2D eigenvalue weighted by Crippen LogP contribution is 2.63. The lowest BCUT2D eigenvalue weighted by Crippen LogP contribution is -2.51. The normalized spacial score (nSPS) is 43.0. The number of hydrogen-bond acceptors (Lipinski definition) is 2. The minimum atomic E-state index is -0.0961. The molecule has 4 aliphatic rings. The van der Waals surface area contributed by atoms with Gasteiger partial charge in [0.1, 0.15) is 6.10 Å². The molecule has 0 saturated heterocycles. The maximum Gasteiger partial charge on any atom is 0.334 e. The standard InChI is InChI=1S/C20H28O2/c1-12-14-10-13-6-7-17-19(2,3)8-5-9-20(17,4)15(13)11-16(14)22-18(12)21/h10,15-17H,5-9,11H2,1-4H3/t15-,16-,17-,20+/m0/s1. The highest BCUT2D eigenvalue weighted by atomic mass is 16.5. The molecule has 2 saturated carbocycles. The number of rotatable bonds is 0. The van der Waals surface area contributed by atoms with Crippen LogP contribution in [0.2, 0.25) is 0 Å². The minimum Gasteiger partial charge on any atom is -0.454 e. The SMILES string of the molecule is CC1=C2C=C3CC[C@H]4C(C)(C)CCC[C@]4(C)[C@H]3C[C@@H]2OC1=O. The van der Waals surface area contributed by atoms with E-state index in [1.165, 1.54) is 37.7 Å². The molecule has 2 fully saturated rings. The number of fused-ring (bicyclic) bond motifs is 4. The van der Waals surface area contributed by atoms with Gasteiger partial charge < -0.3 is 4.74 Å². The van der Waals surface area contributed by atoms with Gasteiger partial charge >= 0.3 is 5.97 Å². The number of carbonyl (C=O) groups is 1. The second-order valence-corrected chi connectivity index (χ2v) is 8.92. The molecule has 120 valence electrons. The molecule has 0 amide bonds. The number of carbonyl (C=O) groups excluding carboxylic acids is 1. The van der Waals surface area contributed by atoms with Crippen LogP contribution in [0.25, 0.3) is 0 Å². The molecular formula is C20H28O2. The van der Waals surface area contributed by atoms with Crippen LogP contribution in [-0.4, -0.2) is 12.1 Å². The molecule has 4 rings (SSSR count). The quantitative estimate of drug-likeness (QED) is 0.601. The van der Waals surface area contributed by atoms with E-state index in [2.05, 4.69) is 26.8 Å². The van der Waals surface area contributed by atoms with Crippen LogP contribution in [0.15, 0.2) is 22.8 Å². The van der Waals surface area contributed by atoms with E-state index >= 15 is 0 Å². The van der Waals surface area contributed by atoms with E-state index in [-0.39, 0.29) is 12.1 Å². The van der Waals surface area contributed by atoms with Gasteiger partial charge in [0.05, 0.1) is 0 Å². The fourth-order valence-electron chi connectivity index (χ4n) is 6.24. The molecular weight excluding hydrogens is 272 g/mol. The molecule has 0 unspecified atom stereocenters. The van der Waals surface area contributed by atoms with Crippen molar-refractivity contribution in [2.24, 2.45) is 22.7 Å². The number of esters is 1. The van der Waals surface area contributed by atoms with E-state index in [0.717, 1.165) is 17.9 Å². The number of hydrogen-bond donors (Lipinski definition) is 0. The smallest absolute Gasteiger partial charge is 0.334 e. The second-order valence-electron chi connectivity index (χ2n) is 8.92. The number of ether oxygens (including phenoxy) is 1. The first-order valence-electron chi connectivity index (χ1n) is 8.95. The lowest BCUT2D eigenvalue weighted by molar-refractivity contribution is -0.141. The van der Waals surface area contributed by atoms with E-state index in [0.29, 0.717) is 16.7 Å². The van der Waals surface area contributed by atoms with Gasteiger partial charge in [-0.15, -0.1) is 0 Å². The first-order valence-corrected chi connectivity index (χ1v) is 8.95. The molecule has 2 heteroatoms. The Kier molecular flexibility index (Phi) is 2.97. The molecule has 1 aliphatic heterocycles. The van der Waals surface area contributed by atoms with Crippen LogP contribution in [-0.2, 0) is 9.53 Å². The summed E-state index contributed by atoms with van der Waals surface area (Å²) in [6, 6.07) is 0. The molecule has 2 nitrogen and oxygen atoms in total. The Morgan fingerprint density at radius 1 is 1.23 bits per heavy atom. The third-order valence-corrected chi connectivity index (χ3v) is 7.37. The summed E-state index contributed by atoms with van der Waals surface area (Å²) in [5.41, 5.74) is 4.46. The van der Waals surface area contributed by atoms with Crippen molar-refractivity contribution in [3.63, 3.8) is 0 Å². The Bertz CT molecular complexity index is 595. The van der Waals surface area contributed by atoms with Crippen LogP contribution in [0.1, 0.15) is 66.2 Å². The zero-order chi connectivity index (χ0) is 15.7. The van der Waals surface area contributed by atoms with Crippen molar-refractivity contribution in [3.05, 3.63) is 22.8 Å². The topological polar surface area (TPSA) is 26.3 Å². The lowest BCUT2D eigenvalue weighted by Gasteiger charge is -2.59. The summed E-state index contributed by atoms with van der Waals surface area (Å²) < 4.78 is 5.65. The molecule has 3 aliphatic carbocycles. The summed E-state index contributed by atoms with van der Waals surface area (Å²) in [6.45, 7) is 9.38. The highest BCUT2D eigenvalue weighted by molar-refractivity contribution is 5.92. The lowest BCUT2D eigenvalue weighted by atomic mass is 9.46. The van der Waals surface area contributed by atoms with Crippen molar-refractivity contribution >= 4 is 5.97 Å². The first kappa shape index (κ1) is 14.5. The molecule has 0 aromatic rings. The van der Waals surface area contributed by atoms with Crippen molar-refractivity contribution in [2.75, 3.05) is 0 Å². The Hall–Kier alpha value is -1.05. The minimum absolute atomic E-state index is 0.0295. The first-order chi connectivity index (χ1) is 10.3. The van der Waals surface area contributed by atoms with Gasteiger partial charge in [0.2, 0.25) is 0 Å². The van der Waals surface area contributed by atoms with Gasteiger partial charge in [-0.3, -0.25) is 0 Å². The zero-order valence-corrected chi connectivity index (χ0v) is 14.4. The van der Waals surface area contributed by atoms with E-state index in [1.54, 1.807) is 5.57 Å². The fourth-order valence-corrected chi connectivity index (χ4v) is 6.24. The van der Waals surface area contributed by atoms with Crippen molar-refractivity contribution in [1.82, 2.24) is 0 Å². The van der Waals surface area contributed by atoms with E-state index in [4.69, 9.17) is 4.74 Å². The van der Waals surface area contributed by atoms with Gasteiger partial charge in [0.15, 0.2) is 0 Å². The molecule has 4 atom stereocenters. The Labute approximate surface area is 134 Å². The van der Waals surface area contributed by atoms with Crippen LogP contribution in [0.3, 0.4) is 0 Å².